The van der Waals surface area contributed by atoms with Crippen molar-refractivity contribution < 1.29 is 4.79 Å². The number of amides is 1. The normalized spacial score (nSPS) is 11.2. The summed E-state index contributed by atoms with van der Waals surface area (Å²) < 4.78 is 3.82. The monoisotopic (exact) mass is 406 g/mol. The Morgan fingerprint density at radius 2 is 1.86 bits per heavy atom. The lowest BCUT2D eigenvalue weighted by molar-refractivity contribution is 0.101. The molecule has 2 aromatic carbocycles. The second kappa shape index (κ2) is 7.76. The van der Waals surface area contributed by atoms with E-state index in [0.717, 1.165) is 40.9 Å². The smallest absolute Gasteiger partial charge is 0.272 e. The first-order valence-corrected chi connectivity index (χ1v) is 9.96. The first kappa shape index (κ1) is 19.3. The third kappa shape index (κ3) is 3.66. The molecule has 4 rings (SSSR count). The van der Waals surface area contributed by atoms with Gasteiger partial charge in [0.1, 0.15) is 5.69 Å². The predicted molar refractivity (Wildman–Crippen MR) is 118 cm³/mol. The number of rotatable bonds is 5. The Morgan fingerprint density at radius 3 is 2.59 bits per heavy atom. The number of aryl methyl sites for hydroxylation is 4. The molecule has 6 heteroatoms. The average molecular weight is 407 g/mol. The summed E-state index contributed by atoms with van der Waals surface area (Å²) in [7, 11) is 1.87. The van der Waals surface area contributed by atoms with Gasteiger partial charge in [0.05, 0.1) is 17.1 Å². The number of hydrogen-bond acceptors (Lipinski definition) is 2. The molecule has 0 spiro atoms. The number of benzene rings is 2. The minimum absolute atomic E-state index is 0.173. The summed E-state index contributed by atoms with van der Waals surface area (Å²) in [5, 5.41) is 9.18. The maximum atomic E-state index is 13.0. The van der Waals surface area contributed by atoms with Crippen LogP contribution < -0.4 is 5.32 Å². The van der Waals surface area contributed by atoms with Crippen LogP contribution in [0.3, 0.4) is 0 Å². The van der Waals surface area contributed by atoms with Gasteiger partial charge >= 0.3 is 0 Å². The Morgan fingerprint density at radius 1 is 1.10 bits per heavy atom. The lowest BCUT2D eigenvalue weighted by Crippen LogP contribution is -2.16. The Bertz CT molecular complexity index is 1190. The van der Waals surface area contributed by atoms with Crippen LogP contribution in [0.15, 0.2) is 54.6 Å². The standard InChI is InChI=1S/C23H23ClN4O/c1-15-22(16(2)28(26-15)13-12-17-8-5-4-6-9-17)25-23(29)21-14-18-19(24)10-7-11-20(18)27(21)3/h4-11,14H,12-13H2,1-3H3,(H,25,29). The maximum Gasteiger partial charge on any atom is 0.272 e. The van der Waals surface area contributed by atoms with E-state index in [2.05, 4.69) is 22.5 Å². The molecule has 1 N–H and O–H groups in total. The van der Waals surface area contributed by atoms with Crippen molar-refractivity contribution in [1.82, 2.24) is 14.3 Å². The predicted octanol–water partition coefficient (Wildman–Crippen LogP) is 5.14. The Labute approximate surface area is 174 Å². The highest BCUT2D eigenvalue weighted by atomic mass is 35.5. The number of carbonyl (C=O) groups is 1. The number of hydrogen-bond donors (Lipinski definition) is 1. The summed E-state index contributed by atoms with van der Waals surface area (Å²) >= 11 is 6.29. The lowest BCUT2D eigenvalue weighted by Gasteiger charge is -2.08. The number of fused-ring (bicyclic) bond motifs is 1. The topological polar surface area (TPSA) is 51.9 Å². The zero-order valence-electron chi connectivity index (χ0n) is 16.7. The molecule has 2 aromatic heterocycles. The fraction of sp³-hybridized carbons (Fsp3) is 0.217. The molecule has 4 aromatic rings. The van der Waals surface area contributed by atoms with Crippen LogP contribution in [-0.2, 0) is 20.0 Å². The number of anilines is 1. The molecule has 0 saturated carbocycles. The number of carbonyl (C=O) groups excluding carboxylic acids is 1. The van der Waals surface area contributed by atoms with Crippen LogP contribution in [0.4, 0.5) is 5.69 Å². The second-order valence-electron chi connectivity index (χ2n) is 7.22. The summed E-state index contributed by atoms with van der Waals surface area (Å²) in [6, 6.07) is 17.8. The van der Waals surface area contributed by atoms with Crippen LogP contribution in [0.2, 0.25) is 5.02 Å². The zero-order chi connectivity index (χ0) is 20.5. The van der Waals surface area contributed by atoms with Gasteiger partial charge in [-0.25, -0.2) is 0 Å². The van der Waals surface area contributed by atoms with Gasteiger partial charge in [0.2, 0.25) is 0 Å². The van der Waals surface area contributed by atoms with Gasteiger partial charge in [-0.15, -0.1) is 0 Å². The molecule has 0 unspecified atom stereocenters. The van der Waals surface area contributed by atoms with E-state index < -0.39 is 0 Å². The van der Waals surface area contributed by atoms with E-state index in [1.54, 1.807) is 0 Å². The van der Waals surface area contributed by atoms with Gasteiger partial charge in [-0.3, -0.25) is 9.48 Å². The van der Waals surface area contributed by atoms with E-state index in [4.69, 9.17) is 11.6 Å². The van der Waals surface area contributed by atoms with Crippen molar-refractivity contribution >= 4 is 34.1 Å². The van der Waals surface area contributed by atoms with Crippen molar-refractivity contribution in [3.63, 3.8) is 0 Å². The van der Waals surface area contributed by atoms with Crippen LogP contribution in [0.25, 0.3) is 10.9 Å². The Hall–Kier alpha value is -3.05. The molecule has 5 nitrogen and oxygen atoms in total. The van der Waals surface area contributed by atoms with Crippen molar-refractivity contribution in [2.75, 3.05) is 5.32 Å². The molecule has 0 bridgehead atoms. The number of nitrogens with zero attached hydrogens (tertiary/aromatic N) is 3. The van der Waals surface area contributed by atoms with Gasteiger partial charge in [-0.05, 0) is 44.0 Å². The molecule has 0 fully saturated rings. The van der Waals surface area contributed by atoms with E-state index in [9.17, 15) is 4.79 Å². The summed E-state index contributed by atoms with van der Waals surface area (Å²) in [4.78, 5) is 13.0. The Kier molecular flexibility index (Phi) is 5.16. The van der Waals surface area contributed by atoms with Crippen molar-refractivity contribution in [2.45, 2.75) is 26.8 Å². The molecule has 148 valence electrons. The van der Waals surface area contributed by atoms with E-state index in [1.165, 1.54) is 5.56 Å². The van der Waals surface area contributed by atoms with Gasteiger partial charge in [0, 0.05) is 29.5 Å². The third-order valence-electron chi connectivity index (χ3n) is 5.34. The second-order valence-corrected chi connectivity index (χ2v) is 7.63. The molecule has 29 heavy (non-hydrogen) atoms. The van der Waals surface area contributed by atoms with Gasteiger partial charge in [-0.2, -0.15) is 5.10 Å². The molecule has 0 aliphatic carbocycles. The van der Waals surface area contributed by atoms with Gasteiger partial charge in [-0.1, -0.05) is 48.0 Å². The summed E-state index contributed by atoms with van der Waals surface area (Å²) in [5.74, 6) is -0.173. The highest BCUT2D eigenvalue weighted by Gasteiger charge is 2.19. The first-order valence-electron chi connectivity index (χ1n) is 9.59. The lowest BCUT2D eigenvalue weighted by atomic mass is 10.1. The van der Waals surface area contributed by atoms with Crippen LogP contribution >= 0.6 is 11.6 Å². The molecular formula is C23H23ClN4O. The van der Waals surface area contributed by atoms with Crippen molar-refractivity contribution in [3.05, 3.63) is 82.3 Å². The maximum absolute atomic E-state index is 13.0. The highest BCUT2D eigenvalue weighted by molar-refractivity contribution is 6.35. The van der Waals surface area contributed by atoms with Crippen molar-refractivity contribution in [3.8, 4) is 0 Å². The quantitative estimate of drug-likeness (QED) is 0.499. The van der Waals surface area contributed by atoms with E-state index in [0.29, 0.717) is 10.7 Å². The zero-order valence-corrected chi connectivity index (χ0v) is 17.5. The number of nitrogens with one attached hydrogen (secondary N) is 1. The first-order chi connectivity index (χ1) is 14.0. The summed E-state index contributed by atoms with van der Waals surface area (Å²) in [5.41, 5.74) is 5.26. The van der Waals surface area contributed by atoms with E-state index in [-0.39, 0.29) is 5.91 Å². The summed E-state index contributed by atoms with van der Waals surface area (Å²) in [6.07, 6.45) is 0.887. The fourth-order valence-corrected chi connectivity index (χ4v) is 3.92. The SMILES string of the molecule is Cc1nn(CCc2ccccc2)c(C)c1NC(=O)c1cc2c(Cl)cccc2n1C. The molecule has 0 aliphatic heterocycles. The fourth-order valence-electron chi connectivity index (χ4n) is 3.69. The largest absolute Gasteiger partial charge is 0.340 e. The summed E-state index contributed by atoms with van der Waals surface area (Å²) in [6.45, 7) is 4.66. The van der Waals surface area contributed by atoms with Crippen LogP contribution in [0.5, 0.6) is 0 Å². The molecule has 0 aliphatic rings. The molecule has 0 radical (unpaired) electrons. The van der Waals surface area contributed by atoms with Crippen LogP contribution in [-0.4, -0.2) is 20.3 Å². The molecule has 0 atom stereocenters. The van der Waals surface area contributed by atoms with Gasteiger partial charge in [0.15, 0.2) is 0 Å². The number of halogens is 1. The van der Waals surface area contributed by atoms with Crippen LogP contribution in [0, 0.1) is 13.8 Å². The minimum atomic E-state index is -0.173. The van der Waals surface area contributed by atoms with Crippen LogP contribution in [0.1, 0.15) is 27.4 Å². The molecule has 1 amide bonds. The van der Waals surface area contributed by atoms with Crippen molar-refractivity contribution in [2.24, 2.45) is 7.05 Å². The number of aromatic nitrogens is 3. The molecular weight excluding hydrogens is 384 g/mol. The Balaban J connectivity index is 1.57. The molecule has 2 heterocycles. The van der Waals surface area contributed by atoms with Gasteiger partial charge in [0.25, 0.3) is 5.91 Å². The van der Waals surface area contributed by atoms with E-state index in [1.807, 2.05) is 72.6 Å². The molecule has 0 saturated heterocycles. The highest BCUT2D eigenvalue weighted by Crippen LogP contribution is 2.27. The van der Waals surface area contributed by atoms with E-state index >= 15 is 0 Å². The average Bonchev–Trinajstić information content (AvgIpc) is 3.20. The minimum Gasteiger partial charge on any atom is -0.340 e. The van der Waals surface area contributed by atoms with Crippen molar-refractivity contribution in [1.29, 1.82) is 0 Å². The third-order valence-corrected chi connectivity index (χ3v) is 5.67. The van der Waals surface area contributed by atoms with Gasteiger partial charge < -0.3 is 9.88 Å².